The fourth-order valence-electron chi connectivity index (χ4n) is 2.97. The van der Waals surface area contributed by atoms with E-state index in [9.17, 15) is 4.79 Å². The van der Waals surface area contributed by atoms with E-state index in [1.165, 1.54) is 6.08 Å². The van der Waals surface area contributed by atoms with Crippen molar-refractivity contribution in [1.82, 2.24) is 0 Å². The van der Waals surface area contributed by atoms with Gasteiger partial charge < -0.3 is 23.7 Å². The first-order valence-corrected chi connectivity index (χ1v) is 9.21. The predicted octanol–water partition coefficient (Wildman–Crippen LogP) is 3.68. The van der Waals surface area contributed by atoms with E-state index in [-0.39, 0.29) is 6.29 Å². The molecule has 2 aliphatic rings. The summed E-state index contributed by atoms with van der Waals surface area (Å²) in [4.78, 5) is 11.9. The topological polar surface area (TPSA) is 63.2 Å². The maximum atomic E-state index is 11.9. The molecule has 0 unspecified atom stereocenters. The average molecular weight is 362 g/mol. The lowest BCUT2D eigenvalue weighted by Gasteiger charge is -2.24. The van der Waals surface area contributed by atoms with Crippen molar-refractivity contribution in [3.05, 3.63) is 29.8 Å². The van der Waals surface area contributed by atoms with Crippen molar-refractivity contribution in [2.75, 3.05) is 20.3 Å². The van der Waals surface area contributed by atoms with Crippen LogP contribution in [0.2, 0.25) is 0 Å². The standard InChI is InChI=1S/C20H26O6/c1-22-17-14-15(8-10-16(17)25-19-6-2-4-12-23-19)9-11-18(21)26-20-7-3-5-13-24-20/h8-11,14,19-20H,2-7,12-13H2,1H3/b11-9+/t19-,20+/m0/s1. The molecule has 142 valence electrons. The summed E-state index contributed by atoms with van der Waals surface area (Å²) in [5, 5.41) is 0. The molecule has 2 fully saturated rings. The Morgan fingerprint density at radius 1 is 1.04 bits per heavy atom. The highest BCUT2D eigenvalue weighted by Crippen LogP contribution is 2.31. The van der Waals surface area contributed by atoms with Gasteiger partial charge in [0.2, 0.25) is 6.29 Å². The van der Waals surface area contributed by atoms with Crippen molar-refractivity contribution >= 4 is 12.0 Å². The van der Waals surface area contributed by atoms with E-state index >= 15 is 0 Å². The minimum Gasteiger partial charge on any atom is -0.493 e. The highest BCUT2D eigenvalue weighted by Gasteiger charge is 2.18. The smallest absolute Gasteiger partial charge is 0.333 e. The first-order chi connectivity index (χ1) is 12.7. The van der Waals surface area contributed by atoms with E-state index in [2.05, 4.69) is 0 Å². The molecule has 6 nitrogen and oxygen atoms in total. The molecule has 2 atom stereocenters. The number of benzene rings is 1. The molecule has 2 heterocycles. The van der Waals surface area contributed by atoms with Crippen LogP contribution in [0.3, 0.4) is 0 Å². The van der Waals surface area contributed by atoms with Crippen LogP contribution in [0.1, 0.15) is 44.1 Å². The summed E-state index contributed by atoms with van der Waals surface area (Å²) in [6, 6.07) is 5.51. The number of esters is 1. The second-order valence-corrected chi connectivity index (χ2v) is 6.39. The van der Waals surface area contributed by atoms with Crippen molar-refractivity contribution in [3.63, 3.8) is 0 Å². The Morgan fingerprint density at radius 3 is 2.42 bits per heavy atom. The van der Waals surface area contributed by atoms with Crippen LogP contribution in [0, 0.1) is 0 Å². The van der Waals surface area contributed by atoms with E-state index in [0.29, 0.717) is 18.1 Å². The lowest BCUT2D eigenvalue weighted by atomic mass is 10.1. The molecule has 26 heavy (non-hydrogen) atoms. The van der Waals surface area contributed by atoms with Crippen LogP contribution in [0.15, 0.2) is 24.3 Å². The molecule has 2 aliphatic heterocycles. The quantitative estimate of drug-likeness (QED) is 0.568. The monoisotopic (exact) mass is 362 g/mol. The van der Waals surface area contributed by atoms with Gasteiger partial charge in [0.1, 0.15) is 0 Å². The van der Waals surface area contributed by atoms with E-state index in [1.807, 2.05) is 18.2 Å². The van der Waals surface area contributed by atoms with Gasteiger partial charge in [-0.3, -0.25) is 0 Å². The normalized spacial score (nSPS) is 23.6. The Kier molecular flexibility index (Phi) is 6.91. The maximum absolute atomic E-state index is 11.9. The highest BCUT2D eigenvalue weighted by molar-refractivity contribution is 5.87. The zero-order chi connectivity index (χ0) is 18.2. The van der Waals surface area contributed by atoms with Crippen molar-refractivity contribution in [2.24, 2.45) is 0 Å². The van der Waals surface area contributed by atoms with Gasteiger partial charge in [0.05, 0.1) is 20.3 Å². The van der Waals surface area contributed by atoms with Crippen LogP contribution < -0.4 is 9.47 Å². The van der Waals surface area contributed by atoms with Crippen molar-refractivity contribution < 1.29 is 28.5 Å². The summed E-state index contributed by atoms with van der Waals surface area (Å²) < 4.78 is 27.6. The second-order valence-electron chi connectivity index (χ2n) is 6.39. The van der Waals surface area contributed by atoms with Gasteiger partial charge in [0, 0.05) is 18.9 Å². The molecule has 0 bridgehead atoms. The molecule has 0 aliphatic carbocycles. The first kappa shape index (κ1) is 18.7. The van der Waals surface area contributed by atoms with Crippen molar-refractivity contribution in [1.29, 1.82) is 0 Å². The highest BCUT2D eigenvalue weighted by atomic mass is 16.7. The van der Waals surface area contributed by atoms with E-state index in [4.69, 9.17) is 23.7 Å². The number of hydrogen-bond acceptors (Lipinski definition) is 6. The lowest BCUT2D eigenvalue weighted by Crippen LogP contribution is -2.25. The molecule has 0 radical (unpaired) electrons. The number of rotatable bonds is 6. The Labute approximate surface area is 154 Å². The molecule has 1 aromatic carbocycles. The third-order valence-corrected chi connectivity index (χ3v) is 4.38. The Hall–Kier alpha value is -2.05. The zero-order valence-corrected chi connectivity index (χ0v) is 15.1. The SMILES string of the molecule is COc1cc(/C=C/C(=O)O[C@@H]2CCCCO2)ccc1O[C@H]1CCCCO1. The van der Waals surface area contributed by atoms with E-state index in [0.717, 1.165) is 50.7 Å². The molecule has 2 saturated heterocycles. The third kappa shape index (κ3) is 5.47. The molecule has 1 aromatic rings. The summed E-state index contributed by atoms with van der Waals surface area (Å²) in [5.41, 5.74) is 0.820. The van der Waals surface area contributed by atoms with Crippen LogP contribution >= 0.6 is 0 Å². The minimum atomic E-state index is -0.429. The van der Waals surface area contributed by atoms with Gasteiger partial charge >= 0.3 is 5.97 Å². The maximum Gasteiger partial charge on any atom is 0.333 e. The van der Waals surface area contributed by atoms with Crippen LogP contribution in [0.5, 0.6) is 11.5 Å². The van der Waals surface area contributed by atoms with Gasteiger partial charge in [-0.25, -0.2) is 4.79 Å². The number of carbonyl (C=O) groups excluding carboxylic acids is 1. The van der Waals surface area contributed by atoms with Crippen LogP contribution in [-0.2, 0) is 19.0 Å². The summed E-state index contributed by atoms with van der Waals surface area (Å²) in [5.74, 6) is 0.826. The molecule has 3 rings (SSSR count). The van der Waals surface area contributed by atoms with Gasteiger partial charge in [-0.05, 0) is 49.5 Å². The van der Waals surface area contributed by atoms with Crippen LogP contribution in [0.4, 0.5) is 0 Å². The molecular weight excluding hydrogens is 336 g/mol. The third-order valence-electron chi connectivity index (χ3n) is 4.38. The lowest BCUT2D eigenvalue weighted by molar-refractivity contribution is -0.181. The van der Waals surface area contributed by atoms with Crippen molar-refractivity contribution in [2.45, 2.75) is 51.1 Å². The second kappa shape index (κ2) is 9.59. The molecule has 6 heteroatoms. The summed E-state index contributed by atoms with van der Waals surface area (Å²) in [6.07, 6.45) is 8.26. The van der Waals surface area contributed by atoms with Crippen LogP contribution in [0.25, 0.3) is 6.08 Å². The summed E-state index contributed by atoms with van der Waals surface area (Å²) >= 11 is 0. The molecule has 0 aromatic heterocycles. The first-order valence-electron chi connectivity index (χ1n) is 9.21. The summed E-state index contributed by atoms with van der Waals surface area (Å²) in [7, 11) is 1.59. The van der Waals surface area contributed by atoms with Gasteiger partial charge in [-0.15, -0.1) is 0 Å². The van der Waals surface area contributed by atoms with Gasteiger partial charge in [-0.1, -0.05) is 6.07 Å². The van der Waals surface area contributed by atoms with Gasteiger partial charge in [-0.2, -0.15) is 0 Å². The molecular formula is C20H26O6. The van der Waals surface area contributed by atoms with Crippen molar-refractivity contribution in [3.8, 4) is 11.5 Å². The number of ether oxygens (including phenoxy) is 5. The van der Waals surface area contributed by atoms with Crippen LogP contribution in [-0.4, -0.2) is 38.9 Å². The molecule has 0 N–H and O–H groups in total. The van der Waals surface area contributed by atoms with Gasteiger partial charge in [0.25, 0.3) is 0 Å². The number of methoxy groups -OCH3 is 1. The Morgan fingerprint density at radius 2 is 1.77 bits per heavy atom. The fourth-order valence-corrected chi connectivity index (χ4v) is 2.97. The number of carbonyl (C=O) groups is 1. The molecule has 0 spiro atoms. The zero-order valence-electron chi connectivity index (χ0n) is 15.1. The van der Waals surface area contributed by atoms with E-state index in [1.54, 1.807) is 13.2 Å². The Bertz CT molecular complexity index is 615. The van der Waals surface area contributed by atoms with E-state index < -0.39 is 12.3 Å². The molecule has 0 saturated carbocycles. The number of hydrogen-bond donors (Lipinski definition) is 0. The molecule has 0 amide bonds. The average Bonchev–Trinajstić information content (AvgIpc) is 2.69. The largest absolute Gasteiger partial charge is 0.493 e. The Balaban J connectivity index is 1.58. The fraction of sp³-hybridized carbons (Fsp3) is 0.550. The predicted molar refractivity (Wildman–Crippen MR) is 95.9 cm³/mol. The van der Waals surface area contributed by atoms with Gasteiger partial charge in [0.15, 0.2) is 17.8 Å². The minimum absolute atomic E-state index is 0.232. The summed E-state index contributed by atoms with van der Waals surface area (Å²) in [6.45, 7) is 1.37.